The van der Waals surface area contributed by atoms with Crippen molar-refractivity contribution in [2.75, 3.05) is 26.7 Å². The van der Waals surface area contributed by atoms with E-state index in [4.69, 9.17) is 0 Å². The normalized spacial score (nSPS) is 23.6. The maximum absolute atomic E-state index is 13.7. The van der Waals surface area contributed by atoms with Crippen molar-refractivity contribution in [3.05, 3.63) is 69.8 Å². The van der Waals surface area contributed by atoms with Crippen molar-refractivity contribution in [3.8, 4) is 0 Å². The van der Waals surface area contributed by atoms with Crippen LogP contribution in [0.4, 0.5) is 26.3 Å². The van der Waals surface area contributed by atoms with Crippen LogP contribution in [0, 0.1) is 5.92 Å². The van der Waals surface area contributed by atoms with Gasteiger partial charge in [0.15, 0.2) is 0 Å². The number of nitrogens with zero attached hydrogens (tertiary/aromatic N) is 1. The number of hydrogen-bond acceptors (Lipinski definition) is 2. The lowest BCUT2D eigenvalue weighted by atomic mass is 9.66. The molecule has 0 saturated carbocycles. The molecule has 0 spiro atoms. The van der Waals surface area contributed by atoms with Crippen LogP contribution in [0.5, 0.6) is 0 Å². The van der Waals surface area contributed by atoms with Gasteiger partial charge in [-0.15, -0.1) is 0 Å². The third-order valence-electron chi connectivity index (χ3n) is 8.84. The van der Waals surface area contributed by atoms with Gasteiger partial charge in [-0.3, -0.25) is 0 Å². The van der Waals surface area contributed by atoms with Crippen LogP contribution in [0.25, 0.3) is 0 Å². The average Bonchev–Trinajstić information content (AvgIpc) is 3.36. The molecule has 8 heteroatoms. The molecule has 3 unspecified atom stereocenters. The van der Waals surface area contributed by atoms with Gasteiger partial charge in [0, 0.05) is 12.6 Å². The van der Waals surface area contributed by atoms with E-state index >= 15 is 0 Å². The van der Waals surface area contributed by atoms with Gasteiger partial charge >= 0.3 is 12.4 Å². The zero-order valence-corrected chi connectivity index (χ0v) is 24.4. The van der Waals surface area contributed by atoms with Gasteiger partial charge in [-0.05, 0) is 115 Å². The number of piperidine rings is 1. The van der Waals surface area contributed by atoms with E-state index in [0.717, 1.165) is 50.0 Å². The van der Waals surface area contributed by atoms with Crippen LogP contribution in [0.1, 0.15) is 106 Å². The first-order valence-electron chi connectivity index (χ1n) is 14.2. The molecule has 2 aromatic carbocycles. The first-order valence-corrected chi connectivity index (χ1v) is 14.2. The number of benzene rings is 2. The van der Waals surface area contributed by atoms with Gasteiger partial charge in [-0.25, -0.2) is 0 Å². The minimum Gasteiger partial charge on any atom is -0.310 e. The summed E-state index contributed by atoms with van der Waals surface area (Å²) < 4.78 is 82.0. The van der Waals surface area contributed by atoms with Crippen LogP contribution in [-0.2, 0) is 23.2 Å². The molecular weight excluding hydrogens is 526 g/mol. The number of nitrogens with one attached hydrogen (secondary N) is 1. The van der Waals surface area contributed by atoms with Crippen LogP contribution in [0.2, 0.25) is 0 Å². The highest BCUT2D eigenvalue weighted by atomic mass is 19.4. The molecule has 0 aliphatic carbocycles. The Labute approximate surface area is 234 Å². The van der Waals surface area contributed by atoms with Gasteiger partial charge in [0.25, 0.3) is 0 Å². The second-order valence-electron chi connectivity index (χ2n) is 13.5. The van der Waals surface area contributed by atoms with Crippen molar-refractivity contribution in [1.29, 1.82) is 0 Å². The fraction of sp³-hybridized carbons (Fsp3) is 0.625. The Bertz CT molecular complexity index is 1190. The molecular formula is C32H42F6N2. The maximum Gasteiger partial charge on any atom is 0.416 e. The Morgan fingerprint density at radius 2 is 1.43 bits per heavy atom. The summed E-state index contributed by atoms with van der Waals surface area (Å²) in [5, 5.41) is 3.38. The fourth-order valence-corrected chi connectivity index (χ4v) is 6.89. The summed E-state index contributed by atoms with van der Waals surface area (Å²) in [5.74, 6) is 0.174. The molecule has 2 aliphatic rings. The van der Waals surface area contributed by atoms with E-state index in [0.29, 0.717) is 17.5 Å². The molecule has 2 aromatic rings. The van der Waals surface area contributed by atoms with E-state index in [9.17, 15) is 26.3 Å². The zero-order valence-electron chi connectivity index (χ0n) is 24.4. The van der Waals surface area contributed by atoms with Crippen LogP contribution in [-0.4, -0.2) is 31.6 Å². The standard InChI is InChI=1S/C32H42F6N2/c1-29(2,3)27-17-22(32(36,37)38)9-11-24(27)23-13-15-40(6)19-20(23)18-30(4,5)26-12-10-21(31(33,34)35)16-25(26)28-8-7-14-39-28/h9-12,16-17,20,23,28,39H,7-8,13-15,18-19H2,1-6H3. The summed E-state index contributed by atoms with van der Waals surface area (Å²) in [6.45, 7) is 12.4. The lowest BCUT2D eigenvalue weighted by Crippen LogP contribution is -2.40. The first kappa shape index (κ1) is 30.9. The van der Waals surface area contributed by atoms with Crippen molar-refractivity contribution < 1.29 is 26.3 Å². The number of halogens is 6. The Balaban J connectivity index is 1.74. The SMILES string of the molecule is CN1CCC(c2ccc(C(F)(F)F)cc2C(C)(C)C)C(CC(C)(C)c2ccc(C(F)(F)F)cc2C2CCCN2)C1. The molecule has 2 nitrogen and oxygen atoms in total. The Kier molecular flexibility index (Phi) is 8.47. The third-order valence-corrected chi connectivity index (χ3v) is 8.84. The number of alkyl halides is 6. The number of hydrogen-bond donors (Lipinski definition) is 1. The molecule has 3 atom stereocenters. The van der Waals surface area contributed by atoms with Gasteiger partial charge in [0.05, 0.1) is 11.1 Å². The molecule has 222 valence electrons. The molecule has 4 rings (SSSR count). The molecule has 0 aromatic heterocycles. The van der Waals surface area contributed by atoms with Crippen molar-refractivity contribution in [3.63, 3.8) is 0 Å². The number of likely N-dealkylation sites (tertiary alicyclic amines) is 1. The summed E-state index contributed by atoms with van der Waals surface area (Å²) in [6, 6.07) is 8.22. The van der Waals surface area contributed by atoms with Gasteiger partial charge in [0.2, 0.25) is 0 Å². The summed E-state index contributed by atoms with van der Waals surface area (Å²) in [4.78, 5) is 2.25. The largest absolute Gasteiger partial charge is 0.416 e. The highest BCUT2D eigenvalue weighted by molar-refractivity contribution is 5.43. The van der Waals surface area contributed by atoms with E-state index < -0.39 is 34.3 Å². The zero-order chi connectivity index (χ0) is 29.7. The summed E-state index contributed by atoms with van der Waals surface area (Å²) >= 11 is 0. The van der Waals surface area contributed by atoms with Gasteiger partial charge in [0.1, 0.15) is 0 Å². The van der Waals surface area contributed by atoms with Crippen molar-refractivity contribution in [2.45, 2.75) is 95.4 Å². The van der Waals surface area contributed by atoms with E-state index in [2.05, 4.69) is 31.1 Å². The predicted molar refractivity (Wildman–Crippen MR) is 148 cm³/mol. The molecule has 1 N–H and O–H groups in total. The highest BCUT2D eigenvalue weighted by Crippen LogP contribution is 2.47. The van der Waals surface area contributed by atoms with Crippen LogP contribution < -0.4 is 5.32 Å². The fourth-order valence-electron chi connectivity index (χ4n) is 6.89. The van der Waals surface area contributed by atoms with Crippen LogP contribution in [0.3, 0.4) is 0 Å². The maximum atomic E-state index is 13.7. The minimum atomic E-state index is -4.42. The van der Waals surface area contributed by atoms with E-state index in [1.807, 2.05) is 20.8 Å². The third kappa shape index (κ3) is 6.70. The Morgan fingerprint density at radius 3 is 2.00 bits per heavy atom. The Hall–Kier alpha value is -2.06. The molecule has 40 heavy (non-hydrogen) atoms. The molecule has 0 bridgehead atoms. The van der Waals surface area contributed by atoms with Crippen molar-refractivity contribution in [2.24, 2.45) is 5.92 Å². The minimum absolute atomic E-state index is 0.0505. The second-order valence-corrected chi connectivity index (χ2v) is 13.5. The predicted octanol–water partition coefficient (Wildman–Crippen LogP) is 8.85. The lowest BCUT2D eigenvalue weighted by molar-refractivity contribution is -0.138. The van der Waals surface area contributed by atoms with Gasteiger partial charge in [-0.1, -0.05) is 46.8 Å². The molecule has 2 fully saturated rings. The average molecular weight is 569 g/mol. The first-order chi connectivity index (χ1) is 18.4. The quantitative estimate of drug-likeness (QED) is 0.363. The molecule has 2 heterocycles. The van der Waals surface area contributed by atoms with Gasteiger partial charge in [-0.2, -0.15) is 26.3 Å². The summed E-state index contributed by atoms with van der Waals surface area (Å²) in [6.07, 6.45) is -5.61. The molecule has 0 radical (unpaired) electrons. The summed E-state index contributed by atoms with van der Waals surface area (Å²) in [7, 11) is 2.06. The monoisotopic (exact) mass is 568 g/mol. The Morgan fingerprint density at radius 1 is 0.800 bits per heavy atom. The van der Waals surface area contributed by atoms with Gasteiger partial charge < -0.3 is 10.2 Å². The second kappa shape index (κ2) is 11.0. The summed E-state index contributed by atoms with van der Waals surface area (Å²) in [5.41, 5.74) is 1.10. The van der Waals surface area contributed by atoms with Crippen LogP contribution >= 0.6 is 0 Å². The van der Waals surface area contributed by atoms with Crippen molar-refractivity contribution >= 4 is 0 Å². The van der Waals surface area contributed by atoms with E-state index in [1.165, 1.54) is 24.3 Å². The number of rotatable bonds is 5. The topological polar surface area (TPSA) is 15.3 Å². The highest BCUT2D eigenvalue weighted by Gasteiger charge is 2.40. The van der Waals surface area contributed by atoms with Crippen molar-refractivity contribution in [1.82, 2.24) is 10.2 Å². The molecule has 2 saturated heterocycles. The lowest BCUT2D eigenvalue weighted by Gasteiger charge is -2.43. The molecule has 0 amide bonds. The van der Waals surface area contributed by atoms with E-state index in [-0.39, 0.29) is 17.9 Å². The smallest absolute Gasteiger partial charge is 0.310 e. The van der Waals surface area contributed by atoms with E-state index in [1.54, 1.807) is 12.1 Å². The molecule has 2 aliphatic heterocycles. The van der Waals surface area contributed by atoms with Crippen LogP contribution in [0.15, 0.2) is 36.4 Å².